The van der Waals surface area contributed by atoms with Gasteiger partial charge >= 0.3 is 12.3 Å². The van der Waals surface area contributed by atoms with Gasteiger partial charge in [-0.15, -0.1) is 10.2 Å². The molecule has 35 heavy (non-hydrogen) atoms. The van der Waals surface area contributed by atoms with E-state index >= 15 is 0 Å². The van der Waals surface area contributed by atoms with Crippen molar-refractivity contribution in [1.82, 2.24) is 25.0 Å². The highest BCUT2D eigenvalue weighted by atomic mass is 19.4. The smallest absolute Gasteiger partial charge is 0.444 e. The number of nitrogens with zero attached hydrogens (tertiary/aromatic N) is 4. The Morgan fingerprint density at radius 2 is 1.71 bits per heavy atom. The lowest BCUT2D eigenvalue weighted by molar-refractivity contribution is -0.148. The van der Waals surface area contributed by atoms with Crippen LogP contribution in [0.2, 0.25) is 0 Å². The molecule has 1 N–H and O–H groups in total. The van der Waals surface area contributed by atoms with Gasteiger partial charge in [0.1, 0.15) is 11.4 Å². The first-order valence-corrected chi connectivity index (χ1v) is 10.5. The highest BCUT2D eigenvalue weighted by Crippen LogP contribution is 2.29. The second kappa shape index (κ2) is 9.74. The first-order chi connectivity index (χ1) is 16.1. The third-order valence-electron chi connectivity index (χ3n) is 5.06. The molecule has 1 aromatic carbocycles. The van der Waals surface area contributed by atoms with Gasteiger partial charge in [0.2, 0.25) is 11.7 Å². The molecule has 1 atom stereocenters. The van der Waals surface area contributed by atoms with E-state index in [-0.39, 0.29) is 37.4 Å². The van der Waals surface area contributed by atoms with Crippen LogP contribution >= 0.6 is 0 Å². The van der Waals surface area contributed by atoms with E-state index in [4.69, 9.17) is 4.74 Å². The van der Waals surface area contributed by atoms with Gasteiger partial charge in [0.25, 0.3) is 0 Å². The van der Waals surface area contributed by atoms with E-state index in [0.29, 0.717) is 12.1 Å². The summed E-state index contributed by atoms with van der Waals surface area (Å²) >= 11 is 0. The normalized spacial score (nSPS) is 14.9. The van der Waals surface area contributed by atoms with Gasteiger partial charge in [0.15, 0.2) is 17.5 Å². The zero-order valence-corrected chi connectivity index (χ0v) is 19.0. The minimum absolute atomic E-state index is 0.0692. The molecule has 0 saturated carbocycles. The molecule has 0 unspecified atom stereocenters. The fraction of sp³-hybridized carbons (Fsp3) is 0.524. The van der Waals surface area contributed by atoms with Gasteiger partial charge in [-0.2, -0.15) is 13.2 Å². The Morgan fingerprint density at radius 3 is 2.34 bits per heavy atom. The number of carbonyl (C=O) groups excluding carboxylic acids is 2. The van der Waals surface area contributed by atoms with Gasteiger partial charge in [-0.25, -0.2) is 18.0 Å². The van der Waals surface area contributed by atoms with Crippen molar-refractivity contribution in [3.8, 4) is 0 Å². The summed E-state index contributed by atoms with van der Waals surface area (Å²) in [6, 6.07) is -0.115. The van der Waals surface area contributed by atoms with Crippen molar-refractivity contribution in [3.63, 3.8) is 0 Å². The Morgan fingerprint density at radius 1 is 1.06 bits per heavy atom. The maximum atomic E-state index is 14.2. The minimum atomic E-state index is -4.70. The highest BCUT2D eigenvalue weighted by molar-refractivity contribution is 5.78. The first-order valence-electron chi connectivity index (χ1n) is 10.5. The molecule has 2 amide bonds. The number of carbonyl (C=O) groups is 2. The van der Waals surface area contributed by atoms with E-state index in [1.807, 2.05) is 0 Å². The van der Waals surface area contributed by atoms with Crippen molar-refractivity contribution in [2.75, 3.05) is 6.54 Å². The summed E-state index contributed by atoms with van der Waals surface area (Å²) in [7, 11) is 0. The Labute approximate surface area is 196 Å². The number of ether oxygens (including phenoxy) is 1. The Hall–Kier alpha value is -3.32. The molecule has 1 aliphatic heterocycles. The van der Waals surface area contributed by atoms with Gasteiger partial charge in [-0.05, 0) is 38.8 Å². The predicted octanol–water partition coefficient (Wildman–Crippen LogP) is 3.58. The molecule has 3 rings (SSSR count). The molecule has 14 heteroatoms. The molecule has 0 saturated heterocycles. The molecule has 0 bridgehead atoms. The van der Waals surface area contributed by atoms with E-state index in [1.165, 1.54) is 4.90 Å². The summed E-state index contributed by atoms with van der Waals surface area (Å²) in [5, 5.41) is 9.07. The summed E-state index contributed by atoms with van der Waals surface area (Å²) in [6.07, 6.45) is -6.42. The van der Waals surface area contributed by atoms with Crippen molar-refractivity contribution < 1.29 is 40.7 Å². The van der Waals surface area contributed by atoms with Crippen LogP contribution in [0.3, 0.4) is 0 Å². The number of halogens is 6. The van der Waals surface area contributed by atoms with Crippen molar-refractivity contribution >= 4 is 12.0 Å². The lowest BCUT2D eigenvalue weighted by Crippen LogP contribution is -2.45. The first kappa shape index (κ1) is 26.3. The lowest BCUT2D eigenvalue weighted by Gasteiger charge is -2.30. The predicted molar refractivity (Wildman–Crippen MR) is 108 cm³/mol. The van der Waals surface area contributed by atoms with Crippen LogP contribution in [-0.4, -0.2) is 49.9 Å². The summed E-state index contributed by atoms with van der Waals surface area (Å²) in [4.78, 5) is 26.4. The number of benzene rings is 1. The quantitative estimate of drug-likeness (QED) is 0.494. The van der Waals surface area contributed by atoms with E-state index in [1.54, 1.807) is 20.8 Å². The average Bonchev–Trinajstić information content (AvgIpc) is 3.14. The minimum Gasteiger partial charge on any atom is -0.444 e. The molecule has 1 aliphatic rings. The van der Waals surface area contributed by atoms with Crippen molar-refractivity contribution in [2.24, 2.45) is 0 Å². The molecule has 1 aromatic heterocycles. The zero-order chi connectivity index (χ0) is 26.1. The molecule has 0 spiro atoms. The number of aromatic nitrogens is 3. The molecule has 2 heterocycles. The second-order valence-corrected chi connectivity index (χ2v) is 9.01. The summed E-state index contributed by atoms with van der Waals surface area (Å²) in [5.41, 5.74) is -1.18. The van der Waals surface area contributed by atoms with Crippen molar-refractivity contribution in [3.05, 3.63) is 46.8 Å². The molecule has 8 nitrogen and oxygen atoms in total. The van der Waals surface area contributed by atoms with Crippen LogP contribution in [0.1, 0.15) is 44.4 Å². The number of hydrogen-bond donors (Lipinski definition) is 1. The Balaban J connectivity index is 1.76. The number of alkyl carbamates (subject to hydrolysis) is 1. The van der Waals surface area contributed by atoms with Crippen LogP contribution in [0, 0.1) is 17.5 Å². The fourth-order valence-corrected chi connectivity index (χ4v) is 3.55. The number of amides is 2. The summed E-state index contributed by atoms with van der Waals surface area (Å²) in [6.45, 7) is 4.24. The molecular formula is C21H23F6N5O3. The van der Waals surface area contributed by atoms with E-state index in [0.717, 1.165) is 4.57 Å². The molecule has 0 aliphatic carbocycles. The van der Waals surface area contributed by atoms with Gasteiger partial charge in [-0.1, -0.05) is 0 Å². The van der Waals surface area contributed by atoms with Crippen LogP contribution < -0.4 is 5.32 Å². The monoisotopic (exact) mass is 507 g/mol. The average molecular weight is 507 g/mol. The maximum absolute atomic E-state index is 14.2. The van der Waals surface area contributed by atoms with Crippen LogP contribution in [0.25, 0.3) is 0 Å². The third-order valence-corrected chi connectivity index (χ3v) is 5.06. The maximum Gasteiger partial charge on any atom is 0.451 e. The highest BCUT2D eigenvalue weighted by Gasteiger charge is 2.40. The van der Waals surface area contributed by atoms with Gasteiger partial charge < -0.3 is 19.5 Å². The number of hydrogen-bond acceptors (Lipinski definition) is 5. The molecular weight excluding hydrogens is 484 g/mol. The van der Waals surface area contributed by atoms with Crippen LogP contribution in [-0.2, 0) is 35.2 Å². The standard InChI is InChI=1S/C21H23F6N5O3/c1-20(2,3)35-19(34)28-12(6-11-7-14(23)15(24)9-13(11)22)8-17(33)31-4-5-32-16(10-31)29-30-18(32)21(25,26)27/h7,9,12H,4-6,8,10H2,1-3H3,(H,28,34)/t12-/m0/s1. The lowest BCUT2D eigenvalue weighted by atomic mass is 10.0. The van der Waals surface area contributed by atoms with Crippen LogP contribution in [0.5, 0.6) is 0 Å². The van der Waals surface area contributed by atoms with Crippen LogP contribution in [0.4, 0.5) is 31.1 Å². The number of alkyl halides is 3. The van der Waals surface area contributed by atoms with Gasteiger partial charge in [0, 0.05) is 31.6 Å². The van der Waals surface area contributed by atoms with Crippen molar-refractivity contribution in [2.45, 2.75) is 64.5 Å². The Bertz CT molecular complexity index is 1110. The number of nitrogens with one attached hydrogen (secondary N) is 1. The molecule has 0 fully saturated rings. The SMILES string of the molecule is CC(C)(C)OC(=O)N[C@H](CC(=O)N1CCn2c(nnc2C(F)(F)F)C1)Cc1cc(F)c(F)cc1F. The van der Waals surface area contributed by atoms with Crippen LogP contribution in [0.15, 0.2) is 12.1 Å². The molecule has 0 radical (unpaired) electrons. The van der Waals surface area contributed by atoms with Gasteiger partial charge in [-0.3, -0.25) is 4.79 Å². The summed E-state index contributed by atoms with van der Waals surface area (Å²) in [5.74, 6) is -5.60. The topological polar surface area (TPSA) is 89.4 Å². The third kappa shape index (κ3) is 6.63. The van der Waals surface area contributed by atoms with E-state index in [9.17, 15) is 35.9 Å². The van der Waals surface area contributed by atoms with E-state index < -0.39 is 59.5 Å². The Kier molecular flexibility index (Phi) is 7.31. The number of fused-ring (bicyclic) bond motifs is 1. The fourth-order valence-electron chi connectivity index (χ4n) is 3.55. The molecule has 2 aromatic rings. The second-order valence-electron chi connectivity index (χ2n) is 9.01. The zero-order valence-electron chi connectivity index (χ0n) is 19.0. The molecule has 192 valence electrons. The largest absolute Gasteiger partial charge is 0.451 e. The summed E-state index contributed by atoms with van der Waals surface area (Å²) < 4.78 is 86.3. The van der Waals surface area contributed by atoms with Gasteiger partial charge in [0.05, 0.1) is 6.54 Å². The number of rotatable bonds is 5. The van der Waals surface area contributed by atoms with Crippen molar-refractivity contribution in [1.29, 1.82) is 0 Å². The van der Waals surface area contributed by atoms with E-state index in [2.05, 4.69) is 15.5 Å².